The molecule has 3 aromatic carbocycles. The van der Waals surface area contributed by atoms with E-state index in [0.717, 1.165) is 29.7 Å². The summed E-state index contributed by atoms with van der Waals surface area (Å²) >= 11 is 0. The number of anilines is 1. The number of carbonyl (C=O) groups excluding carboxylic acids is 1. The van der Waals surface area contributed by atoms with Gasteiger partial charge < -0.3 is 14.4 Å². The number of hydrogen-bond donors (Lipinski definition) is 1. The van der Waals surface area contributed by atoms with Gasteiger partial charge in [0.2, 0.25) is 0 Å². The third-order valence-electron chi connectivity index (χ3n) is 6.25. The fraction of sp³-hybridized carbons (Fsp3) is 0.296. The summed E-state index contributed by atoms with van der Waals surface area (Å²) in [5.74, 6) is 0.768. The maximum absolute atomic E-state index is 13.5. The van der Waals surface area contributed by atoms with Crippen LogP contribution >= 0.6 is 0 Å². The summed E-state index contributed by atoms with van der Waals surface area (Å²) < 4.78 is 39.6. The molecular formula is C27H30N2O5S. The summed E-state index contributed by atoms with van der Waals surface area (Å²) in [6, 6.07) is 19.5. The molecule has 1 heterocycles. The van der Waals surface area contributed by atoms with E-state index < -0.39 is 10.0 Å². The third-order valence-corrected chi connectivity index (χ3v) is 7.65. The molecule has 1 N–H and O–H groups in total. The van der Waals surface area contributed by atoms with E-state index in [2.05, 4.69) is 4.72 Å². The number of hydrogen-bond acceptors (Lipinski definition) is 5. The van der Waals surface area contributed by atoms with Crippen molar-refractivity contribution in [1.82, 2.24) is 4.90 Å². The molecule has 4 rings (SSSR count). The molecule has 0 radical (unpaired) electrons. The van der Waals surface area contributed by atoms with Gasteiger partial charge in [-0.2, -0.15) is 0 Å². The van der Waals surface area contributed by atoms with Crippen molar-refractivity contribution in [3.05, 3.63) is 83.4 Å². The first-order valence-electron chi connectivity index (χ1n) is 11.5. The monoisotopic (exact) mass is 494 g/mol. The smallest absolute Gasteiger partial charge is 0.265 e. The van der Waals surface area contributed by atoms with Crippen LogP contribution in [0.1, 0.15) is 34.3 Å². The van der Waals surface area contributed by atoms with Gasteiger partial charge in [0.05, 0.1) is 14.2 Å². The van der Waals surface area contributed by atoms with Crippen LogP contribution in [0.25, 0.3) is 0 Å². The number of carbonyl (C=O) groups is 1. The number of nitrogens with zero attached hydrogens (tertiary/aromatic N) is 1. The summed E-state index contributed by atoms with van der Waals surface area (Å²) in [5, 5.41) is 0. The second-order valence-electron chi connectivity index (χ2n) is 8.69. The van der Waals surface area contributed by atoms with Gasteiger partial charge in [-0.25, -0.2) is 8.42 Å². The Hall–Kier alpha value is -3.52. The van der Waals surface area contributed by atoms with E-state index in [0.29, 0.717) is 24.2 Å². The van der Waals surface area contributed by atoms with Crippen LogP contribution in [0.3, 0.4) is 0 Å². The Morgan fingerprint density at radius 2 is 1.80 bits per heavy atom. The predicted octanol–water partition coefficient (Wildman–Crippen LogP) is 4.66. The first-order chi connectivity index (χ1) is 16.8. The van der Waals surface area contributed by atoms with E-state index >= 15 is 0 Å². The molecule has 1 unspecified atom stereocenters. The van der Waals surface area contributed by atoms with Gasteiger partial charge in [-0.05, 0) is 74.2 Å². The molecule has 0 saturated carbocycles. The lowest BCUT2D eigenvalue weighted by Crippen LogP contribution is -2.37. The molecule has 0 aromatic heterocycles. The lowest BCUT2D eigenvalue weighted by molar-refractivity contribution is 0.0736. The number of rotatable bonds is 8. The van der Waals surface area contributed by atoms with E-state index in [1.807, 2.05) is 48.2 Å². The van der Waals surface area contributed by atoms with Crippen LogP contribution in [0.2, 0.25) is 0 Å². The van der Waals surface area contributed by atoms with Gasteiger partial charge in [0.15, 0.2) is 0 Å². The number of aryl methyl sites for hydroxylation is 1. The molecular weight excluding hydrogens is 464 g/mol. The molecule has 35 heavy (non-hydrogen) atoms. The van der Waals surface area contributed by atoms with Gasteiger partial charge in [0, 0.05) is 23.8 Å². The number of sulfonamides is 1. The average Bonchev–Trinajstić information content (AvgIpc) is 3.32. The number of ether oxygens (including phenoxy) is 2. The van der Waals surface area contributed by atoms with E-state index in [-0.39, 0.29) is 22.6 Å². The molecule has 184 valence electrons. The number of nitrogens with one attached hydrogen (secondary N) is 1. The van der Waals surface area contributed by atoms with E-state index in [9.17, 15) is 13.2 Å². The average molecular weight is 495 g/mol. The van der Waals surface area contributed by atoms with Crippen molar-refractivity contribution in [3.63, 3.8) is 0 Å². The molecule has 1 saturated heterocycles. The number of likely N-dealkylation sites (tertiary alicyclic amines) is 1. The van der Waals surface area contributed by atoms with Gasteiger partial charge in [0.1, 0.15) is 16.4 Å². The minimum Gasteiger partial charge on any atom is -0.497 e. The van der Waals surface area contributed by atoms with Crippen LogP contribution < -0.4 is 14.2 Å². The van der Waals surface area contributed by atoms with Gasteiger partial charge >= 0.3 is 0 Å². The van der Waals surface area contributed by atoms with Crippen molar-refractivity contribution in [2.45, 2.75) is 37.1 Å². The van der Waals surface area contributed by atoms with Gasteiger partial charge in [-0.15, -0.1) is 0 Å². The maximum Gasteiger partial charge on any atom is 0.265 e. The first-order valence-corrected chi connectivity index (χ1v) is 13.0. The van der Waals surface area contributed by atoms with Crippen molar-refractivity contribution < 1.29 is 22.7 Å². The van der Waals surface area contributed by atoms with E-state index in [1.54, 1.807) is 25.3 Å². The molecule has 8 heteroatoms. The SMILES string of the molecule is COc1cccc(CC2CCCN2C(=O)c2ccc(OC)c(S(=O)(=O)Nc3ccc(C)cc3)c2)c1. The summed E-state index contributed by atoms with van der Waals surface area (Å²) in [7, 11) is -0.936. The van der Waals surface area contributed by atoms with Crippen LogP contribution in [-0.4, -0.2) is 46.0 Å². The zero-order valence-corrected chi connectivity index (χ0v) is 21.0. The molecule has 1 aliphatic heterocycles. The minimum atomic E-state index is -3.98. The van der Waals surface area contributed by atoms with E-state index in [4.69, 9.17) is 9.47 Å². The number of benzene rings is 3. The Morgan fingerprint density at radius 1 is 1.03 bits per heavy atom. The summed E-state index contributed by atoms with van der Waals surface area (Å²) in [6.07, 6.45) is 2.50. The van der Waals surface area contributed by atoms with Crippen LogP contribution in [-0.2, 0) is 16.4 Å². The Kier molecular flexibility index (Phi) is 7.31. The highest BCUT2D eigenvalue weighted by Crippen LogP contribution is 2.30. The zero-order chi connectivity index (χ0) is 25.0. The summed E-state index contributed by atoms with van der Waals surface area (Å²) in [4.78, 5) is 15.3. The standard InChI is InChI=1S/C27H30N2O5S/c1-19-9-12-22(13-10-19)28-35(31,32)26-18-21(11-14-25(26)34-3)27(30)29-15-5-7-23(29)16-20-6-4-8-24(17-20)33-2/h4,6,8-14,17-18,23,28H,5,7,15-16H2,1-3H3. The second-order valence-corrected chi connectivity index (χ2v) is 10.3. The Bertz CT molecular complexity index is 1310. The molecule has 0 bridgehead atoms. The second kappa shape index (κ2) is 10.4. The lowest BCUT2D eigenvalue weighted by Gasteiger charge is -2.25. The fourth-order valence-electron chi connectivity index (χ4n) is 4.40. The molecule has 0 aliphatic carbocycles. The van der Waals surface area contributed by atoms with Crippen LogP contribution in [0.15, 0.2) is 71.6 Å². The van der Waals surface area contributed by atoms with Crippen molar-refractivity contribution in [3.8, 4) is 11.5 Å². The molecule has 1 amide bonds. The molecule has 1 fully saturated rings. The van der Waals surface area contributed by atoms with Crippen LogP contribution in [0.5, 0.6) is 11.5 Å². The van der Waals surface area contributed by atoms with Crippen molar-refractivity contribution in [2.75, 3.05) is 25.5 Å². The van der Waals surface area contributed by atoms with Crippen molar-refractivity contribution >= 4 is 21.6 Å². The third kappa shape index (κ3) is 5.59. The molecule has 7 nitrogen and oxygen atoms in total. The lowest BCUT2D eigenvalue weighted by atomic mass is 10.0. The fourth-order valence-corrected chi connectivity index (χ4v) is 5.66. The molecule has 3 aromatic rings. The Balaban J connectivity index is 1.59. The minimum absolute atomic E-state index is 0.0300. The van der Waals surface area contributed by atoms with Gasteiger partial charge in [0.25, 0.3) is 15.9 Å². The Labute approximate surface area is 206 Å². The van der Waals surface area contributed by atoms with Gasteiger partial charge in [-0.1, -0.05) is 29.8 Å². The first kappa shape index (κ1) is 24.6. The zero-order valence-electron chi connectivity index (χ0n) is 20.2. The van der Waals surface area contributed by atoms with Crippen molar-refractivity contribution in [1.29, 1.82) is 0 Å². The number of methoxy groups -OCH3 is 2. The maximum atomic E-state index is 13.5. The highest BCUT2D eigenvalue weighted by atomic mass is 32.2. The normalized spacial score (nSPS) is 15.6. The van der Waals surface area contributed by atoms with Crippen molar-refractivity contribution in [2.24, 2.45) is 0 Å². The Morgan fingerprint density at radius 3 is 2.51 bits per heavy atom. The summed E-state index contributed by atoms with van der Waals surface area (Å²) in [6.45, 7) is 2.56. The molecule has 1 aliphatic rings. The van der Waals surface area contributed by atoms with Gasteiger partial charge in [-0.3, -0.25) is 9.52 Å². The largest absolute Gasteiger partial charge is 0.497 e. The van der Waals surface area contributed by atoms with Crippen LogP contribution in [0.4, 0.5) is 5.69 Å². The summed E-state index contributed by atoms with van der Waals surface area (Å²) in [5.41, 5.74) is 2.86. The highest BCUT2D eigenvalue weighted by molar-refractivity contribution is 7.92. The van der Waals surface area contributed by atoms with Crippen LogP contribution in [0, 0.1) is 6.92 Å². The quantitative estimate of drug-likeness (QED) is 0.492. The number of amides is 1. The molecule has 0 spiro atoms. The molecule has 1 atom stereocenters. The topological polar surface area (TPSA) is 84.9 Å². The van der Waals surface area contributed by atoms with E-state index in [1.165, 1.54) is 19.2 Å². The highest BCUT2D eigenvalue weighted by Gasteiger charge is 2.31. The predicted molar refractivity (Wildman–Crippen MR) is 136 cm³/mol.